The monoisotopic (exact) mass is 399 g/mol. The van der Waals surface area contributed by atoms with Gasteiger partial charge in [-0.3, -0.25) is 4.79 Å². The predicted molar refractivity (Wildman–Crippen MR) is 112 cm³/mol. The molecule has 2 fully saturated rings. The van der Waals surface area contributed by atoms with E-state index in [0.29, 0.717) is 25.0 Å². The molecule has 0 unspecified atom stereocenters. The van der Waals surface area contributed by atoms with Crippen LogP contribution in [0, 0.1) is 22.6 Å². The Labute approximate surface area is 174 Å². The van der Waals surface area contributed by atoms with E-state index >= 15 is 0 Å². The highest BCUT2D eigenvalue weighted by molar-refractivity contribution is 5.83. The first kappa shape index (κ1) is 21.8. The maximum atomic E-state index is 14.3. The van der Waals surface area contributed by atoms with Crippen LogP contribution in [0.1, 0.15) is 102 Å². The number of rotatable bonds is 7. The Morgan fingerprint density at radius 2 is 1.76 bits per heavy atom. The van der Waals surface area contributed by atoms with E-state index in [1.54, 1.807) is 6.07 Å². The first-order valence-corrected chi connectivity index (χ1v) is 11.4. The van der Waals surface area contributed by atoms with Gasteiger partial charge in [0.05, 0.1) is 17.6 Å². The Hall–Kier alpha value is -1.89. The minimum atomic E-state index is -0.770. The van der Waals surface area contributed by atoms with Crippen molar-refractivity contribution in [1.29, 1.82) is 5.26 Å². The van der Waals surface area contributed by atoms with Crippen LogP contribution in [-0.2, 0) is 14.9 Å². The van der Waals surface area contributed by atoms with Crippen molar-refractivity contribution in [3.63, 3.8) is 0 Å². The van der Waals surface area contributed by atoms with Crippen LogP contribution in [0.25, 0.3) is 0 Å². The zero-order chi connectivity index (χ0) is 20.7. The van der Waals surface area contributed by atoms with Gasteiger partial charge >= 0.3 is 5.97 Å². The van der Waals surface area contributed by atoms with Crippen LogP contribution in [0.5, 0.6) is 0 Å². The number of hydrogen-bond acceptors (Lipinski definition) is 3. The molecule has 0 heterocycles. The summed E-state index contributed by atoms with van der Waals surface area (Å²) < 4.78 is 20.4. The summed E-state index contributed by atoms with van der Waals surface area (Å²) in [6.07, 6.45) is 13.8. The molecule has 0 atom stereocenters. The van der Waals surface area contributed by atoms with E-state index in [9.17, 15) is 9.18 Å². The number of halogens is 1. The molecular formula is C25H34FNO2. The number of carbonyl (C=O) groups excluding carboxylic acids is 1. The van der Waals surface area contributed by atoms with Crippen LogP contribution in [0.2, 0.25) is 0 Å². The van der Waals surface area contributed by atoms with Gasteiger partial charge in [-0.05, 0) is 49.8 Å². The second kappa shape index (κ2) is 9.74. The Morgan fingerprint density at radius 1 is 1.10 bits per heavy atom. The molecule has 1 aromatic carbocycles. The van der Waals surface area contributed by atoms with Gasteiger partial charge < -0.3 is 4.74 Å². The van der Waals surface area contributed by atoms with Gasteiger partial charge in [0.25, 0.3) is 0 Å². The summed E-state index contributed by atoms with van der Waals surface area (Å²) in [5.41, 5.74) is 0.0439. The van der Waals surface area contributed by atoms with Crippen LogP contribution in [0.15, 0.2) is 18.2 Å². The first-order chi connectivity index (χ1) is 14.1. The number of nitriles is 1. The molecule has 0 bridgehead atoms. The molecule has 2 aliphatic rings. The first-order valence-electron chi connectivity index (χ1n) is 11.4. The lowest BCUT2D eigenvalue weighted by Gasteiger charge is -2.40. The normalized spacial score (nSPS) is 20.6. The Morgan fingerprint density at radius 3 is 2.34 bits per heavy atom. The molecule has 158 valence electrons. The molecule has 0 aliphatic heterocycles. The summed E-state index contributed by atoms with van der Waals surface area (Å²) in [6, 6.07) is 6.51. The highest BCUT2D eigenvalue weighted by Gasteiger charge is 2.44. The van der Waals surface area contributed by atoms with Gasteiger partial charge in [-0.15, -0.1) is 0 Å². The Bertz CT molecular complexity index is 740. The topological polar surface area (TPSA) is 50.1 Å². The fourth-order valence-electron chi connectivity index (χ4n) is 5.35. The van der Waals surface area contributed by atoms with Gasteiger partial charge in [0.1, 0.15) is 11.9 Å². The van der Waals surface area contributed by atoms with Crippen molar-refractivity contribution in [2.24, 2.45) is 5.41 Å². The summed E-state index contributed by atoms with van der Waals surface area (Å²) in [7, 11) is 0. The fraction of sp³-hybridized carbons (Fsp3) is 0.680. The number of unbranched alkanes of at least 4 members (excludes halogenated alkanes) is 1. The predicted octanol–water partition coefficient (Wildman–Crippen LogP) is 6.58. The maximum absolute atomic E-state index is 14.3. The van der Waals surface area contributed by atoms with Crippen molar-refractivity contribution in [2.75, 3.05) is 6.61 Å². The van der Waals surface area contributed by atoms with Crippen LogP contribution >= 0.6 is 0 Å². The van der Waals surface area contributed by atoms with Crippen molar-refractivity contribution >= 4 is 5.97 Å². The highest BCUT2D eigenvalue weighted by atomic mass is 19.1. The van der Waals surface area contributed by atoms with E-state index in [0.717, 1.165) is 44.9 Å². The van der Waals surface area contributed by atoms with E-state index in [1.165, 1.54) is 37.8 Å². The number of carbonyl (C=O) groups is 1. The third kappa shape index (κ3) is 4.82. The second-order valence-corrected chi connectivity index (χ2v) is 9.19. The molecule has 1 aromatic rings. The molecule has 0 aromatic heterocycles. The fourth-order valence-corrected chi connectivity index (χ4v) is 5.35. The molecule has 3 nitrogen and oxygen atoms in total. The van der Waals surface area contributed by atoms with Crippen LogP contribution < -0.4 is 0 Å². The third-order valence-corrected chi connectivity index (χ3v) is 7.22. The summed E-state index contributed by atoms with van der Waals surface area (Å²) in [6.45, 7) is 2.70. The molecule has 0 saturated heterocycles. The smallest absolute Gasteiger partial charge is 0.316 e. The van der Waals surface area contributed by atoms with Gasteiger partial charge in [0.2, 0.25) is 0 Å². The van der Waals surface area contributed by atoms with E-state index in [1.807, 2.05) is 6.07 Å². The Balaban J connectivity index is 1.80. The van der Waals surface area contributed by atoms with Crippen LogP contribution in [0.4, 0.5) is 4.39 Å². The second-order valence-electron chi connectivity index (χ2n) is 9.19. The third-order valence-electron chi connectivity index (χ3n) is 7.22. The largest absolute Gasteiger partial charge is 0.464 e. The van der Waals surface area contributed by atoms with Gasteiger partial charge in [0, 0.05) is 5.41 Å². The van der Waals surface area contributed by atoms with Crippen molar-refractivity contribution < 1.29 is 13.9 Å². The lowest BCUT2D eigenvalue weighted by atomic mass is 9.69. The number of hydrogen-bond donors (Lipinski definition) is 0. The van der Waals surface area contributed by atoms with Crippen molar-refractivity contribution in [1.82, 2.24) is 0 Å². The molecule has 4 heteroatoms. The molecule has 29 heavy (non-hydrogen) atoms. The highest BCUT2D eigenvalue weighted by Crippen LogP contribution is 2.44. The maximum Gasteiger partial charge on any atom is 0.316 e. The van der Waals surface area contributed by atoms with Crippen molar-refractivity contribution in [2.45, 2.75) is 95.8 Å². The quantitative estimate of drug-likeness (QED) is 0.486. The standard InChI is InChI=1S/C25H34FNO2/c1-2-3-12-24(13-6-4-7-14-24)19-29-23(28)25(15-8-5-9-16-25)21-11-10-20(18-27)22(26)17-21/h10-11,17H,2-9,12-16,19H2,1H3. The zero-order valence-corrected chi connectivity index (χ0v) is 17.8. The number of nitrogens with zero attached hydrogens (tertiary/aromatic N) is 1. The SMILES string of the molecule is CCCCC1(COC(=O)C2(c3ccc(C#N)c(F)c3)CCCCC2)CCCCC1. The lowest BCUT2D eigenvalue weighted by Crippen LogP contribution is -2.42. The summed E-state index contributed by atoms with van der Waals surface area (Å²) >= 11 is 0. The van der Waals surface area contributed by atoms with E-state index < -0.39 is 11.2 Å². The lowest BCUT2D eigenvalue weighted by molar-refractivity contribution is -0.157. The number of benzene rings is 1. The van der Waals surface area contributed by atoms with Gasteiger partial charge in [-0.25, -0.2) is 4.39 Å². The molecule has 2 saturated carbocycles. The number of esters is 1. The summed E-state index contributed by atoms with van der Waals surface area (Å²) in [4.78, 5) is 13.4. The molecule has 0 N–H and O–H groups in total. The van der Waals surface area contributed by atoms with Crippen LogP contribution in [0.3, 0.4) is 0 Å². The minimum absolute atomic E-state index is 0.0220. The van der Waals surface area contributed by atoms with Crippen molar-refractivity contribution in [3.8, 4) is 6.07 Å². The summed E-state index contributed by atoms with van der Waals surface area (Å²) in [5, 5.41) is 9.04. The van der Waals surface area contributed by atoms with E-state index in [-0.39, 0.29) is 16.9 Å². The van der Waals surface area contributed by atoms with Gasteiger partial charge in [-0.1, -0.05) is 64.4 Å². The Kier molecular flexibility index (Phi) is 7.33. The van der Waals surface area contributed by atoms with E-state index in [4.69, 9.17) is 10.00 Å². The zero-order valence-electron chi connectivity index (χ0n) is 17.8. The van der Waals surface area contributed by atoms with Crippen LogP contribution in [-0.4, -0.2) is 12.6 Å². The molecule has 0 radical (unpaired) electrons. The van der Waals surface area contributed by atoms with E-state index in [2.05, 4.69) is 6.92 Å². The average Bonchev–Trinajstić information content (AvgIpc) is 2.77. The molecule has 0 amide bonds. The molecular weight excluding hydrogens is 365 g/mol. The average molecular weight is 400 g/mol. The molecule has 3 rings (SSSR count). The minimum Gasteiger partial charge on any atom is -0.464 e. The van der Waals surface area contributed by atoms with Gasteiger partial charge in [0.15, 0.2) is 0 Å². The summed E-state index contributed by atoms with van der Waals surface area (Å²) in [5.74, 6) is -0.739. The van der Waals surface area contributed by atoms with Gasteiger partial charge in [-0.2, -0.15) is 5.26 Å². The van der Waals surface area contributed by atoms with Crippen molar-refractivity contribution in [3.05, 3.63) is 35.1 Å². The molecule has 0 spiro atoms. The molecule has 2 aliphatic carbocycles. The number of ether oxygens (including phenoxy) is 1.